The number of hydrogen-bond acceptors (Lipinski definition) is 3. The van der Waals surface area contributed by atoms with Crippen molar-refractivity contribution in [2.45, 2.75) is 19.9 Å². The molecular formula is C13H18BrN3O2S. The van der Waals surface area contributed by atoms with Gasteiger partial charge >= 0.3 is 6.03 Å². The minimum absolute atomic E-state index is 0.0459. The Morgan fingerprint density at radius 2 is 1.85 bits per heavy atom. The highest BCUT2D eigenvalue weighted by molar-refractivity contribution is 9.10. The summed E-state index contributed by atoms with van der Waals surface area (Å²) >= 11 is 4.79. The normalized spacial score (nSPS) is 15.6. The van der Waals surface area contributed by atoms with Gasteiger partial charge in [0.15, 0.2) is 0 Å². The number of urea groups is 1. The molecule has 0 spiro atoms. The third-order valence-electron chi connectivity index (χ3n) is 3.04. The lowest BCUT2D eigenvalue weighted by molar-refractivity contribution is 0.0668. The Balaban J connectivity index is 1.88. The lowest BCUT2D eigenvalue weighted by atomic mass is 10.3. The van der Waals surface area contributed by atoms with Crippen LogP contribution in [0.2, 0.25) is 0 Å². The average Bonchev–Trinajstić information content (AvgIpc) is 2.84. The highest BCUT2D eigenvalue weighted by Crippen LogP contribution is 2.21. The SMILES string of the molecule is CC(C)NC(=O)N1CCN(C(=O)c2cc(Br)cs2)CC1. The molecule has 0 saturated carbocycles. The van der Waals surface area contributed by atoms with E-state index in [1.807, 2.05) is 25.3 Å². The lowest BCUT2D eigenvalue weighted by Crippen LogP contribution is -2.53. The van der Waals surface area contributed by atoms with Crippen LogP contribution in [0.25, 0.3) is 0 Å². The van der Waals surface area contributed by atoms with Crippen LogP contribution in [0.1, 0.15) is 23.5 Å². The molecule has 0 bridgehead atoms. The number of piperazine rings is 1. The Bertz CT molecular complexity index is 496. The van der Waals surface area contributed by atoms with E-state index in [1.165, 1.54) is 11.3 Å². The zero-order valence-electron chi connectivity index (χ0n) is 11.6. The second-order valence-electron chi connectivity index (χ2n) is 5.01. The molecule has 1 N–H and O–H groups in total. The first-order valence-electron chi connectivity index (χ1n) is 6.56. The molecule has 1 aromatic rings. The Labute approximate surface area is 131 Å². The van der Waals surface area contributed by atoms with E-state index in [1.54, 1.807) is 9.80 Å². The lowest BCUT2D eigenvalue weighted by Gasteiger charge is -2.34. The van der Waals surface area contributed by atoms with E-state index in [4.69, 9.17) is 0 Å². The summed E-state index contributed by atoms with van der Waals surface area (Å²) in [5, 5.41) is 4.77. The molecule has 0 atom stereocenters. The van der Waals surface area contributed by atoms with Crippen LogP contribution in [0, 0.1) is 0 Å². The van der Waals surface area contributed by atoms with Crippen molar-refractivity contribution in [2.24, 2.45) is 0 Å². The van der Waals surface area contributed by atoms with Crippen molar-refractivity contribution in [1.29, 1.82) is 0 Å². The molecule has 1 aliphatic rings. The Morgan fingerprint density at radius 1 is 1.25 bits per heavy atom. The maximum Gasteiger partial charge on any atom is 0.317 e. The van der Waals surface area contributed by atoms with E-state index in [0.717, 1.165) is 9.35 Å². The Kier molecular flexibility index (Phi) is 5.04. The van der Waals surface area contributed by atoms with E-state index in [9.17, 15) is 9.59 Å². The zero-order chi connectivity index (χ0) is 14.7. The molecule has 7 heteroatoms. The third kappa shape index (κ3) is 3.73. The molecule has 5 nitrogen and oxygen atoms in total. The zero-order valence-corrected chi connectivity index (χ0v) is 14.0. The van der Waals surface area contributed by atoms with Gasteiger partial charge in [0.05, 0.1) is 4.88 Å². The van der Waals surface area contributed by atoms with Gasteiger partial charge in [-0.3, -0.25) is 4.79 Å². The van der Waals surface area contributed by atoms with Gasteiger partial charge in [-0.25, -0.2) is 4.79 Å². The molecule has 110 valence electrons. The fourth-order valence-corrected chi connectivity index (χ4v) is 3.43. The van der Waals surface area contributed by atoms with E-state index in [0.29, 0.717) is 26.2 Å². The van der Waals surface area contributed by atoms with Gasteiger partial charge in [0.1, 0.15) is 0 Å². The molecule has 0 radical (unpaired) electrons. The Hall–Kier alpha value is -1.08. The quantitative estimate of drug-likeness (QED) is 0.881. The van der Waals surface area contributed by atoms with Crippen LogP contribution < -0.4 is 5.32 Å². The number of thiophene rings is 1. The minimum Gasteiger partial charge on any atom is -0.336 e. The molecule has 1 saturated heterocycles. The molecule has 1 aliphatic heterocycles. The predicted octanol–water partition coefficient (Wildman–Crippen LogP) is 2.39. The van der Waals surface area contributed by atoms with Crippen molar-refractivity contribution in [3.8, 4) is 0 Å². The summed E-state index contributed by atoms with van der Waals surface area (Å²) in [6.45, 7) is 6.20. The summed E-state index contributed by atoms with van der Waals surface area (Å²) in [4.78, 5) is 28.4. The molecule has 20 heavy (non-hydrogen) atoms. The van der Waals surface area contributed by atoms with Gasteiger partial charge in [0.25, 0.3) is 5.91 Å². The summed E-state index contributed by atoms with van der Waals surface area (Å²) in [6, 6.07) is 1.92. The Morgan fingerprint density at radius 3 is 2.35 bits per heavy atom. The van der Waals surface area contributed by atoms with E-state index in [2.05, 4.69) is 21.2 Å². The van der Waals surface area contributed by atoms with E-state index >= 15 is 0 Å². The number of nitrogens with one attached hydrogen (secondary N) is 1. The van der Waals surface area contributed by atoms with Gasteiger partial charge in [-0.1, -0.05) is 0 Å². The molecule has 0 aliphatic carbocycles. The van der Waals surface area contributed by atoms with Crippen LogP contribution >= 0.6 is 27.3 Å². The molecule has 0 aromatic carbocycles. The van der Waals surface area contributed by atoms with Gasteiger partial charge in [0, 0.05) is 42.1 Å². The van der Waals surface area contributed by atoms with Crippen LogP contribution in [-0.2, 0) is 0 Å². The van der Waals surface area contributed by atoms with Crippen molar-refractivity contribution in [3.63, 3.8) is 0 Å². The monoisotopic (exact) mass is 359 g/mol. The first kappa shape index (κ1) is 15.3. The third-order valence-corrected chi connectivity index (χ3v) is 4.72. The van der Waals surface area contributed by atoms with Gasteiger partial charge in [-0.2, -0.15) is 0 Å². The summed E-state index contributed by atoms with van der Waals surface area (Å²) in [6.07, 6.45) is 0. The van der Waals surface area contributed by atoms with Crippen molar-refractivity contribution in [2.75, 3.05) is 26.2 Å². The number of halogens is 1. The first-order valence-corrected chi connectivity index (χ1v) is 8.23. The number of nitrogens with zero attached hydrogens (tertiary/aromatic N) is 2. The number of rotatable bonds is 2. The standard InChI is InChI=1S/C13H18BrN3O2S/c1-9(2)15-13(19)17-5-3-16(4-6-17)12(18)11-7-10(14)8-20-11/h7-9H,3-6H2,1-2H3,(H,15,19). The summed E-state index contributed by atoms with van der Waals surface area (Å²) in [7, 11) is 0. The van der Waals surface area contributed by atoms with Gasteiger partial charge in [-0.15, -0.1) is 11.3 Å². The largest absolute Gasteiger partial charge is 0.336 e. The van der Waals surface area contributed by atoms with Crippen molar-refractivity contribution in [1.82, 2.24) is 15.1 Å². The predicted molar refractivity (Wildman–Crippen MR) is 83.2 cm³/mol. The molecule has 0 unspecified atom stereocenters. The second kappa shape index (κ2) is 6.58. The number of carbonyl (C=O) groups is 2. The molecular weight excluding hydrogens is 342 g/mol. The minimum atomic E-state index is -0.0500. The molecule has 3 amide bonds. The van der Waals surface area contributed by atoms with Crippen LogP contribution in [0.5, 0.6) is 0 Å². The molecule has 1 fully saturated rings. The van der Waals surface area contributed by atoms with E-state index < -0.39 is 0 Å². The summed E-state index contributed by atoms with van der Waals surface area (Å²) < 4.78 is 0.931. The smallest absolute Gasteiger partial charge is 0.317 e. The summed E-state index contributed by atoms with van der Waals surface area (Å²) in [5.41, 5.74) is 0. The first-order chi connectivity index (χ1) is 9.47. The second-order valence-corrected chi connectivity index (χ2v) is 6.84. The maximum absolute atomic E-state index is 12.3. The topological polar surface area (TPSA) is 52.7 Å². The van der Waals surface area contributed by atoms with Crippen LogP contribution in [0.3, 0.4) is 0 Å². The highest BCUT2D eigenvalue weighted by atomic mass is 79.9. The molecule has 2 heterocycles. The van der Waals surface area contributed by atoms with Crippen LogP contribution in [0.15, 0.2) is 15.9 Å². The number of amides is 3. The number of hydrogen-bond donors (Lipinski definition) is 1. The average molecular weight is 360 g/mol. The van der Waals surface area contributed by atoms with Crippen LogP contribution in [0.4, 0.5) is 4.79 Å². The van der Waals surface area contributed by atoms with Crippen LogP contribution in [-0.4, -0.2) is 54.0 Å². The van der Waals surface area contributed by atoms with Crippen molar-refractivity contribution >= 4 is 39.2 Å². The fraction of sp³-hybridized carbons (Fsp3) is 0.538. The van der Waals surface area contributed by atoms with Gasteiger partial charge in [0.2, 0.25) is 0 Å². The van der Waals surface area contributed by atoms with Crippen molar-refractivity contribution < 1.29 is 9.59 Å². The summed E-state index contributed by atoms with van der Waals surface area (Å²) in [5.74, 6) is 0.0459. The van der Waals surface area contributed by atoms with E-state index in [-0.39, 0.29) is 18.0 Å². The molecule has 2 rings (SSSR count). The highest BCUT2D eigenvalue weighted by Gasteiger charge is 2.25. The fourth-order valence-electron chi connectivity index (χ4n) is 2.03. The maximum atomic E-state index is 12.3. The van der Waals surface area contributed by atoms with Crippen molar-refractivity contribution in [3.05, 3.63) is 20.8 Å². The molecule has 1 aromatic heterocycles. The van der Waals surface area contributed by atoms with Gasteiger partial charge in [-0.05, 0) is 35.8 Å². The van der Waals surface area contributed by atoms with Gasteiger partial charge < -0.3 is 15.1 Å². The number of carbonyl (C=O) groups excluding carboxylic acids is 2.